The van der Waals surface area contributed by atoms with Crippen LogP contribution in [0.15, 0.2) is 29.4 Å². The van der Waals surface area contributed by atoms with Gasteiger partial charge in [0.1, 0.15) is 5.82 Å². The monoisotopic (exact) mass is 360 g/mol. The topological polar surface area (TPSA) is 58.7 Å². The number of nitrogens with zero attached hydrogens (tertiary/aromatic N) is 3. The number of nitrogens with one attached hydrogen (secondary N) is 3. The van der Waals surface area contributed by atoms with Gasteiger partial charge in [0.25, 0.3) is 0 Å². The standard InChI is InChI=1S/C19H29FN6/c1-21-19(24-12-16-13-25(2)8-9-26(16)3)22-7-6-14-11-23-18-5-4-15(20)10-17(14)18/h4-5,10-11,16,23H,6-9,12-13H2,1-3H3,(H2,21,22,24). The molecule has 0 aliphatic carbocycles. The predicted molar refractivity (Wildman–Crippen MR) is 105 cm³/mol. The normalized spacial score (nSPS) is 19.8. The van der Waals surface area contributed by atoms with E-state index in [1.807, 2.05) is 6.20 Å². The highest BCUT2D eigenvalue weighted by atomic mass is 19.1. The van der Waals surface area contributed by atoms with Gasteiger partial charge in [-0.25, -0.2) is 4.39 Å². The summed E-state index contributed by atoms with van der Waals surface area (Å²) in [5, 5.41) is 7.72. The Morgan fingerprint density at radius 2 is 2.15 bits per heavy atom. The molecule has 1 saturated heterocycles. The molecule has 2 heterocycles. The quantitative estimate of drug-likeness (QED) is 0.555. The molecule has 3 rings (SSSR count). The molecular formula is C19H29FN6. The van der Waals surface area contributed by atoms with Gasteiger partial charge in [0.2, 0.25) is 0 Å². The van der Waals surface area contributed by atoms with Crippen LogP contribution in [0.5, 0.6) is 0 Å². The number of likely N-dealkylation sites (N-methyl/N-ethyl adjacent to an activating group) is 2. The molecule has 0 saturated carbocycles. The third kappa shape index (κ3) is 4.53. The number of H-pyrrole nitrogens is 1. The van der Waals surface area contributed by atoms with E-state index >= 15 is 0 Å². The number of guanidine groups is 1. The summed E-state index contributed by atoms with van der Waals surface area (Å²) in [6, 6.07) is 5.32. The maximum absolute atomic E-state index is 13.5. The van der Waals surface area contributed by atoms with E-state index in [0.717, 1.165) is 61.6 Å². The highest BCUT2D eigenvalue weighted by Crippen LogP contribution is 2.19. The summed E-state index contributed by atoms with van der Waals surface area (Å²) in [6.45, 7) is 4.86. The zero-order valence-corrected chi connectivity index (χ0v) is 15.8. The molecule has 142 valence electrons. The van der Waals surface area contributed by atoms with Gasteiger partial charge in [-0.05, 0) is 44.3 Å². The molecule has 0 spiro atoms. The molecule has 1 unspecified atom stereocenters. The van der Waals surface area contributed by atoms with Crippen LogP contribution in [0.2, 0.25) is 0 Å². The van der Waals surface area contributed by atoms with Crippen LogP contribution in [0.4, 0.5) is 4.39 Å². The fourth-order valence-electron chi connectivity index (χ4n) is 3.43. The van der Waals surface area contributed by atoms with Crippen LogP contribution in [-0.4, -0.2) is 80.7 Å². The second-order valence-corrected chi connectivity index (χ2v) is 7.03. The van der Waals surface area contributed by atoms with Crippen molar-refractivity contribution in [3.63, 3.8) is 0 Å². The maximum atomic E-state index is 13.5. The summed E-state index contributed by atoms with van der Waals surface area (Å²) in [4.78, 5) is 12.2. The van der Waals surface area contributed by atoms with Crippen LogP contribution in [0.3, 0.4) is 0 Å². The van der Waals surface area contributed by atoms with Crippen molar-refractivity contribution in [2.75, 3.05) is 53.9 Å². The van der Waals surface area contributed by atoms with Gasteiger partial charge < -0.3 is 20.5 Å². The number of hydrogen-bond acceptors (Lipinski definition) is 3. The van der Waals surface area contributed by atoms with Crippen molar-refractivity contribution in [2.24, 2.45) is 4.99 Å². The zero-order valence-electron chi connectivity index (χ0n) is 15.8. The van der Waals surface area contributed by atoms with Gasteiger partial charge in [-0.2, -0.15) is 0 Å². The van der Waals surface area contributed by atoms with Crippen molar-refractivity contribution in [3.05, 3.63) is 35.8 Å². The number of fused-ring (bicyclic) bond motifs is 1. The van der Waals surface area contributed by atoms with E-state index in [1.165, 1.54) is 6.07 Å². The number of aromatic nitrogens is 1. The first-order chi connectivity index (χ1) is 12.6. The lowest BCUT2D eigenvalue weighted by atomic mass is 10.1. The van der Waals surface area contributed by atoms with Gasteiger partial charge in [-0.1, -0.05) is 0 Å². The summed E-state index contributed by atoms with van der Waals surface area (Å²) in [6.07, 6.45) is 2.75. The van der Waals surface area contributed by atoms with Crippen molar-refractivity contribution < 1.29 is 4.39 Å². The van der Waals surface area contributed by atoms with E-state index in [0.29, 0.717) is 6.04 Å². The third-order valence-electron chi connectivity index (χ3n) is 5.13. The molecule has 0 bridgehead atoms. The average Bonchev–Trinajstić information content (AvgIpc) is 3.02. The summed E-state index contributed by atoms with van der Waals surface area (Å²) in [5.74, 6) is 0.600. The van der Waals surface area contributed by atoms with Crippen molar-refractivity contribution in [3.8, 4) is 0 Å². The highest BCUT2D eigenvalue weighted by Gasteiger charge is 2.21. The van der Waals surface area contributed by atoms with E-state index in [4.69, 9.17) is 0 Å². The van der Waals surface area contributed by atoms with Crippen molar-refractivity contribution in [1.29, 1.82) is 0 Å². The van der Waals surface area contributed by atoms with Gasteiger partial charge >= 0.3 is 0 Å². The smallest absolute Gasteiger partial charge is 0.191 e. The van der Waals surface area contributed by atoms with Crippen LogP contribution in [0.25, 0.3) is 10.9 Å². The number of piperazine rings is 1. The lowest BCUT2D eigenvalue weighted by Gasteiger charge is -2.37. The second kappa shape index (κ2) is 8.51. The average molecular weight is 360 g/mol. The lowest BCUT2D eigenvalue weighted by molar-refractivity contribution is 0.116. The summed E-state index contributed by atoms with van der Waals surface area (Å²) >= 11 is 0. The molecule has 1 aliphatic heterocycles. The van der Waals surface area contributed by atoms with Crippen LogP contribution >= 0.6 is 0 Å². The number of benzene rings is 1. The molecule has 1 aromatic carbocycles. The van der Waals surface area contributed by atoms with E-state index in [9.17, 15) is 4.39 Å². The number of aliphatic imine (C=N–C) groups is 1. The lowest BCUT2D eigenvalue weighted by Crippen LogP contribution is -2.55. The molecule has 7 heteroatoms. The molecule has 1 aromatic heterocycles. The third-order valence-corrected chi connectivity index (χ3v) is 5.13. The molecule has 0 radical (unpaired) electrons. The van der Waals surface area contributed by atoms with Gasteiger partial charge in [-0.15, -0.1) is 0 Å². The first-order valence-electron chi connectivity index (χ1n) is 9.15. The van der Waals surface area contributed by atoms with Crippen LogP contribution < -0.4 is 10.6 Å². The zero-order chi connectivity index (χ0) is 18.5. The highest BCUT2D eigenvalue weighted by molar-refractivity contribution is 5.83. The van der Waals surface area contributed by atoms with Crippen molar-refractivity contribution in [2.45, 2.75) is 12.5 Å². The van der Waals surface area contributed by atoms with Crippen LogP contribution in [-0.2, 0) is 6.42 Å². The van der Waals surface area contributed by atoms with Crippen molar-refractivity contribution in [1.82, 2.24) is 25.4 Å². The minimum atomic E-state index is -0.203. The van der Waals surface area contributed by atoms with Gasteiger partial charge in [0.15, 0.2) is 5.96 Å². The first-order valence-corrected chi connectivity index (χ1v) is 9.15. The molecule has 2 aromatic rings. The number of halogens is 1. The summed E-state index contributed by atoms with van der Waals surface area (Å²) < 4.78 is 13.5. The van der Waals surface area contributed by atoms with Gasteiger partial charge in [0, 0.05) is 62.9 Å². The second-order valence-electron chi connectivity index (χ2n) is 7.03. The van der Waals surface area contributed by atoms with E-state index in [2.05, 4.69) is 44.5 Å². The number of aromatic amines is 1. The minimum absolute atomic E-state index is 0.203. The molecule has 3 N–H and O–H groups in total. The summed E-state index contributed by atoms with van der Waals surface area (Å²) in [5.41, 5.74) is 2.07. The van der Waals surface area contributed by atoms with Gasteiger partial charge in [0.05, 0.1) is 0 Å². The molecule has 6 nitrogen and oxygen atoms in total. The molecule has 0 amide bonds. The Bertz CT molecular complexity index is 756. The Morgan fingerprint density at radius 3 is 2.96 bits per heavy atom. The van der Waals surface area contributed by atoms with E-state index in [1.54, 1.807) is 19.2 Å². The Hall–Kier alpha value is -2.12. The molecule has 1 atom stereocenters. The Labute approximate surface area is 154 Å². The fraction of sp³-hybridized carbons (Fsp3) is 0.526. The first kappa shape index (κ1) is 18.7. The minimum Gasteiger partial charge on any atom is -0.361 e. The van der Waals surface area contributed by atoms with E-state index < -0.39 is 0 Å². The largest absolute Gasteiger partial charge is 0.361 e. The number of hydrogen-bond donors (Lipinski definition) is 3. The molecule has 1 fully saturated rings. The molecule has 1 aliphatic rings. The Balaban J connectivity index is 1.49. The predicted octanol–water partition coefficient (Wildman–Crippen LogP) is 1.26. The Kier molecular flexibility index (Phi) is 6.11. The van der Waals surface area contributed by atoms with Crippen LogP contribution in [0, 0.1) is 5.82 Å². The molecule has 26 heavy (non-hydrogen) atoms. The Morgan fingerprint density at radius 1 is 1.31 bits per heavy atom. The summed E-state index contributed by atoms with van der Waals surface area (Å²) in [7, 11) is 6.12. The maximum Gasteiger partial charge on any atom is 0.191 e. The van der Waals surface area contributed by atoms with Crippen LogP contribution in [0.1, 0.15) is 5.56 Å². The van der Waals surface area contributed by atoms with E-state index in [-0.39, 0.29) is 5.82 Å². The molecular weight excluding hydrogens is 331 g/mol. The van der Waals surface area contributed by atoms with Gasteiger partial charge in [-0.3, -0.25) is 9.89 Å². The fourth-order valence-corrected chi connectivity index (χ4v) is 3.43. The van der Waals surface area contributed by atoms with Crippen molar-refractivity contribution >= 4 is 16.9 Å². The number of rotatable bonds is 5. The SMILES string of the molecule is CN=C(NCCc1c[nH]c2ccc(F)cc12)NCC1CN(C)CCN1C.